The van der Waals surface area contributed by atoms with Crippen molar-refractivity contribution in [1.82, 2.24) is 5.32 Å². The molecule has 1 aromatic rings. The van der Waals surface area contributed by atoms with Gasteiger partial charge in [-0.1, -0.05) is 6.92 Å². The molecule has 0 aliphatic rings. The van der Waals surface area contributed by atoms with Crippen molar-refractivity contribution in [2.24, 2.45) is 5.92 Å². The first-order chi connectivity index (χ1) is 10.2. The maximum Gasteiger partial charge on any atom is 0.407 e. The van der Waals surface area contributed by atoms with Gasteiger partial charge in [0.25, 0.3) is 0 Å². The number of halogens is 1. The summed E-state index contributed by atoms with van der Waals surface area (Å²) in [5.74, 6) is -0.0381. The molecule has 1 aromatic carbocycles. The number of aliphatic hydroxyl groups excluding tert-OH is 1. The fourth-order valence-corrected chi connectivity index (χ4v) is 1.65. The Morgan fingerprint density at radius 1 is 1.36 bits per heavy atom. The minimum Gasteiger partial charge on any atom is -0.493 e. The predicted octanol–water partition coefficient (Wildman–Crippen LogP) is 2.86. The van der Waals surface area contributed by atoms with Gasteiger partial charge in [0, 0.05) is 17.0 Å². The van der Waals surface area contributed by atoms with E-state index in [9.17, 15) is 9.18 Å². The van der Waals surface area contributed by atoms with Crippen molar-refractivity contribution in [3.05, 3.63) is 29.6 Å². The molecule has 5 nitrogen and oxygen atoms in total. The first-order valence-corrected chi connectivity index (χ1v) is 7.18. The Kier molecular flexibility index (Phi) is 6.61. The van der Waals surface area contributed by atoms with E-state index in [0.29, 0.717) is 17.9 Å². The zero-order valence-electron chi connectivity index (χ0n) is 13.5. The third kappa shape index (κ3) is 6.76. The SMILES string of the molecule is C[C@H](COC(=O)NC(C)(C)C)COc1ccc(F)cc1CO. The van der Waals surface area contributed by atoms with Crippen LogP contribution < -0.4 is 10.1 Å². The molecule has 0 unspecified atom stereocenters. The number of aliphatic hydroxyl groups is 1. The fourth-order valence-electron chi connectivity index (χ4n) is 1.65. The predicted molar refractivity (Wildman–Crippen MR) is 81.2 cm³/mol. The van der Waals surface area contributed by atoms with Crippen molar-refractivity contribution in [2.75, 3.05) is 13.2 Å². The molecule has 22 heavy (non-hydrogen) atoms. The molecule has 0 aliphatic carbocycles. The van der Waals surface area contributed by atoms with Gasteiger partial charge in [-0.15, -0.1) is 0 Å². The minimum atomic E-state index is -0.475. The topological polar surface area (TPSA) is 67.8 Å². The molecule has 1 rings (SSSR count). The Hall–Kier alpha value is -1.82. The second kappa shape index (κ2) is 7.98. The summed E-state index contributed by atoms with van der Waals surface area (Å²) in [5, 5.41) is 11.9. The zero-order chi connectivity index (χ0) is 16.8. The van der Waals surface area contributed by atoms with Crippen LogP contribution in [0.2, 0.25) is 0 Å². The highest BCUT2D eigenvalue weighted by molar-refractivity contribution is 5.68. The number of ether oxygens (including phenoxy) is 2. The van der Waals surface area contributed by atoms with Gasteiger partial charge in [0.1, 0.15) is 11.6 Å². The van der Waals surface area contributed by atoms with Gasteiger partial charge in [0.15, 0.2) is 0 Å². The number of carbonyl (C=O) groups is 1. The summed E-state index contributed by atoms with van der Waals surface area (Å²) in [6, 6.07) is 3.97. The first-order valence-electron chi connectivity index (χ1n) is 7.18. The van der Waals surface area contributed by atoms with E-state index < -0.39 is 11.9 Å². The summed E-state index contributed by atoms with van der Waals surface area (Å²) >= 11 is 0. The quantitative estimate of drug-likeness (QED) is 0.847. The standard InChI is InChI=1S/C16H24FNO4/c1-11(10-22-15(20)18-16(2,3)4)9-21-14-6-5-13(17)7-12(14)8-19/h5-7,11,19H,8-10H2,1-4H3,(H,18,20)/t11-/m0/s1. The third-order valence-corrected chi connectivity index (χ3v) is 2.69. The van der Waals surface area contributed by atoms with Gasteiger partial charge in [-0.2, -0.15) is 0 Å². The van der Waals surface area contributed by atoms with Gasteiger partial charge >= 0.3 is 6.09 Å². The lowest BCUT2D eigenvalue weighted by Crippen LogP contribution is -2.41. The molecule has 0 heterocycles. The van der Waals surface area contributed by atoms with E-state index in [4.69, 9.17) is 14.6 Å². The summed E-state index contributed by atoms with van der Waals surface area (Å²) in [6.45, 7) is 7.67. The van der Waals surface area contributed by atoms with Gasteiger partial charge in [-0.25, -0.2) is 9.18 Å². The second-order valence-electron chi connectivity index (χ2n) is 6.30. The van der Waals surface area contributed by atoms with Gasteiger partial charge < -0.3 is 19.9 Å². The van der Waals surface area contributed by atoms with Gasteiger partial charge in [-0.3, -0.25) is 0 Å². The molecule has 0 radical (unpaired) electrons. The van der Waals surface area contributed by atoms with Crippen LogP contribution in [-0.2, 0) is 11.3 Å². The molecule has 1 atom stereocenters. The van der Waals surface area contributed by atoms with Crippen LogP contribution >= 0.6 is 0 Å². The average Bonchev–Trinajstić information content (AvgIpc) is 2.41. The smallest absolute Gasteiger partial charge is 0.407 e. The van der Waals surface area contributed by atoms with Crippen LogP contribution in [0.3, 0.4) is 0 Å². The third-order valence-electron chi connectivity index (χ3n) is 2.69. The Bertz CT molecular complexity index is 499. The number of hydrogen-bond donors (Lipinski definition) is 2. The van der Waals surface area contributed by atoms with Gasteiger partial charge in [0.2, 0.25) is 0 Å². The fraction of sp³-hybridized carbons (Fsp3) is 0.562. The Morgan fingerprint density at radius 3 is 2.64 bits per heavy atom. The maximum absolute atomic E-state index is 13.0. The molecule has 0 aliphatic heterocycles. The van der Waals surface area contributed by atoms with Crippen molar-refractivity contribution >= 4 is 6.09 Å². The molecule has 0 spiro atoms. The lowest BCUT2D eigenvalue weighted by atomic mass is 10.1. The molecule has 0 aromatic heterocycles. The number of rotatable bonds is 6. The van der Waals surface area contributed by atoms with Crippen LogP contribution in [0.4, 0.5) is 9.18 Å². The second-order valence-corrected chi connectivity index (χ2v) is 6.30. The van der Waals surface area contributed by atoms with Crippen LogP contribution in [0, 0.1) is 11.7 Å². The van der Waals surface area contributed by atoms with Crippen LogP contribution in [0.15, 0.2) is 18.2 Å². The van der Waals surface area contributed by atoms with Crippen LogP contribution in [0.5, 0.6) is 5.75 Å². The number of hydrogen-bond acceptors (Lipinski definition) is 4. The number of alkyl carbamates (subject to hydrolysis) is 1. The van der Waals surface area contributed by atoms with Gasteiger partial charge in [0.05, 0.1) is 19.8 Å². The van der Waals surface area contributed by atoms with E-state index >= 15 is 0 Å². The van der Waals surface area contributed by atoms with E-state index in [-0.39, 0.29) is 24.7 Å². The Labute approximate surface area is 130 Å². The van der Waals surface area contributed by atoms with Crippen LogP contribution in [-0.4, -0.2) is 30.0 Å². The van der Waals surface area contributed by atoms with E-state index in [1.807, 2.05) is 27.7 Å². The van der Waals surface area contributed by atoms with Crippen LogP contribution in [0.25, 0.3) is 0 Å². The minimum absolute atomic E-state index is 0.0395. The number of carbonyl (C=O) groups excluding carboxylic acids is 1. The van der Waals surface area contributed by atoms with Crippen molar-refractivity contribution in [3.8, 4) is 5.75 Å². The van der Waals surface area contributed by atoms with E-state index in [2.05, 4.69) is 5.32 Å². The summed E-state index contributed by atoms with van der Waals surface area (Å²) in [5.41, 5.74) is 0.0413. The number of nitrogens with one attached hydrogen (secondary N) is 1. The van der Waals surface area contributed by atoms with Crippen molar-refractivity contribution < 1.29 is 23.8 Å². The zero-order valence-corrected chi connectivity index (χ0v) is 13.5. The van der Waals surface area contributed by atoms with Crippen molar-refractivity contribution in [2.45, 2.75) is 39.8 Å². The molecule has 1 amide bonds. The molecule has 124 valence electrons. The maximum atomic E-state index is 13.0. The lowest BCUT2D eigenvalue weighted by molar-refractivity contribution is 0.108. The molecular weight excluding hydrogens is 289 g/mol. The largest absolute Gasteiger partial charge is 0.493 e. The number of benzene rings is 1. The van der Waals surface area contributed by atoms with Crippen LogP contribution in [0.1, 0.15) is 33.3 Å². The lowest BCUT2D eigenvalue weighted by Gasteiger charge is -2.21. The Balaban J connectivity index is 2.40. The summed E-state index contributed by atoms with van der Waals surface area (Å²) in [7, 11) is 0. The van der Waals surface area contributed by atoms with E-state index in [1.165, 1.54) is 18.2 Å². The average molecular weight is 313 g/mol. The molecular formula is C16H24FNO4. The molecule has 0 saturated carbocycles. The summed E-state index contributed by atoms with van der Waals surface area (Å²) in [6.07, 6.45) is -0.475. The highest BCUT2D eigenvalue weighted by Crippen LogP contribution is 2.20. The summed E-state index contributed by atoms with van der Waals surface area (Å²) in [4.78, 5) is 11.5. The number of amides is 1. The van der Waals surface area contributed by atoms with Crippen molar-refractivity contribution in [1.29, 1.82) is 0 Å². The van der Waals surface area contributed by atoms with E-state index in [1.54, 1.807) is 0 Å². The highest BCUT2D eigenvalue weighted by Gasteiger charge is 2.16. The molecule has 0 fully saturated rings. The molecule has 0 bridgehead atoms. The normalized spacial score (nSPS) is 12.6. The Morgan fingerprint density at radius 2 is 2.05 bits per heavy atom. The molecule has 2 N–H and O–H groups in total. The molecule has 6 heteroatoms. The highest BCUT2D eigenvalue weighted by atomic mass is 19.1. The van der Waals surface area contributed by atoms with E-state index in [0.717, 1.165) is 0 Å². The first kappa shape index (κ1) is 18.2. The van der Waals surface area contributed by atoms with Crippen molar-refractivity contribution in [3.63, 3.8) is 0 Å². The van der Waals surface area contributed by atoms with Gasteiger partial charge in [-0.05, 0) is 39.0 Å². The molecule has 0 saturated heterocycles. The monoisotopic (exact) mass is 313 g/mol. The summed E-state index contributed by atoms with van der Waals surface area (Å²) < 4.78 is 23.7.